The number of aryl methyl sites for hydroxylation is 1. The van der Waals surface area contributed by atoms with Gasteiger partial charge in [0.2, 0.25) is 0 Å². The van der Waals surface area contributed by atoms with Crippen molar-refractivity contribution in [3.63, 3.8) is 0 Å². The van der Waals surface area contributed by atoms with Gasteiger partial charge in [0.15, 0.2) is 4.80 Å². The number of carbonyl (C=O) groups is 1. The highest BCUT2D eigenvalue weighted by atomic mass is 35.5. The van der Waals surface area contributed by atoms with Gasteiger partial charge in [0, 0.05) is 17.1 Å². The van der Waals surface area contributed by atoms with Gasteiger partial charge in [-0.25, -0.2) is 0 Å². The van der Waals surface area contributed by atoms with Crippen LogP contribution in [0.2, 0.25) is 10.0 Å². The number of ether oxygens (including phenoxy) is 1. The summed E-state index contributed by atoms with van der Waals surface area (Å²) in [5.74, 6) is 0.287. The fraction of sp³-hybridized carbons (Fsp3) is 0.176. The molecule has 0 aliphatic rings. The van der Waals surface area contributed by atoms with Crippen molar-refractivity contribution >= 4 is 50.7 Å². The number of thiazole rings is 1. The molecule has 24 heavy (non-hydrogen) atoms. The van der Waals surface area contributed by atoms with Gasteiger partial charge >= 0.3 is 0 Å². The van der Waals surface area contributed by atoms with Crippen LogP contribution in [0.15, 0.2) is 41.4 Å². The maximum Gasteiger partial charge on any atom is 0.279 e. The Morgan fingerprint density at radius 3 is 2.79 bits per heavy atom. The number of amides is 1. The fourth-order valence-electron chi connectivity index (χ4n) is 2.42. The first-order valence-electron chi connectivity index (χ1n) is 7.25. The Kier molecular flexibility index (Phi) is 4.94. The van der Waals surface area contributed by atoms with E-state index in [2.05, 4.69) is 4.99 Å². The molecule has 0 fully saturated rings. The van der Waals surface area contributed by atoms with Crippen molar-refractivity contribution in [2.45, 2.75) is 13.5 Å². The third kappa shape index (κ3) is 3.20. The molecule has 0 unspecified atom stereocenters. The summed E-state index contributed by atoms with van der Waals surface area (Å²) in [5.41, 5.74) is 1.31. The topological polar surface area (TPSA) is 43.6 Å². The standard InChI is InChI=1S/C17H14Cl2N2O2S/c1-3-21-15-13(19)8-11(18)9-14(15)24-17(21)20-16(22)10-5-4-6-12(7-10)23-2/h4-9H,3H2,1-2H3. The lowest BCUT2D eigenvalue weighted by molar-refractivity contribution is 0.0997. The van der Waals surface area contributed by atoms with Gasteiger partial charge in [-0.3, -0.25) is 4.79 Å². The second-order valence-corrected chi connectivity index (χ2v) is 6.86. The lowest BCUT2D eigenvalue weighted by Gasteiger charge is -2.03. The molecule has 0 aliphatic heterocycles. The Morgan fingerprint density at radius 1 is 1.29 bits per heavy atom. The van der Waals surface area contributed by atoms with Gasteiger partial charge in [-0.05, 0) is 37.3 Å². The van der Waals surface area contributed by atoms with Gasteiger partial charge in [0.25, 0.3) is 5.91 Å². The molecule has 7 heteroatoms. The first-order valence-corrected chi connectivity index (χ1v) is 8.82. The molecular formula is C17H14Cl2N2O2S. The summed E-state index contributed by atoms with van der Waals surface area (Å²) in [6.45, 7) is 2.62. The number of carbonyl (C=O) groups excluding carboxylic acids is 1. The Morgan fingerprint density at radius 2 is 2.08 bits per heavy atom. The predicted octanol–water partition coefficient (Wildman–Crippen LogP) is 4.78. The van der Waals surface area contributed by atoms with E-state index in [-0.39, 0.29) is 5.91 Å². The number of hydrogen-bond donors (Lipinski definition) is 0. The number of hydrogen-bond acceptors (Lipinski definition) is 3. The zero-order valence-electron chi connectivity index (χ0n) is 13.0. The second-order valence-electron chi connectivity index (χ2n) is 5.01. The van der Waals surface area contributed by atoms with Crippen LogP contribution in [-0.2, 0) is 6.54 Å². The summed E-state index contributed by atoms with van der Waals surface area (Å²) in [6, 6.07) is 10.4. The Balaban J connectivity index is 2.15. The molecule has 4 nitrogen and oxygen atoms in total. The monoisotopic (exact) mass is 380 g/mol. The zero-order valence-corrected chi connectivity index (χ0v) is 15.4. The van der Waals surface area contributed by atoms with Crippen LogP contribution in [0, 0.1) is 0 Å². The normalized spacial score (nSPS) is 11.9. The summed E-state index contributed by atoms with van der Waals surface area (Å²) < 4.78 is 7.96. The van der Waals surface area contributed by atoms with E-state index in [9.17, 15) is 4.79 Å². The third-order valence-electron chi connectivity index (χ3n) is 3.53. The van der Waals surface area contributed by atoms with Crippen molar-refractivity contribution in [3.05, 3.63) is 56.8 Å². The number of rotatable bonds is 3. The molecular weight excluding hydrogens is 367 g/mol. The molecule has 0 N–H and O–H groups in total. The van der Waals surface area contributed by atoms with Gasteiger partial charge < -0.3 is 9.30 Å². The number of benzene rings is 2. The van der Waals surface area contributed by atoms with Crippen LogP contribution in [0.4, 0.5) is 0 Å². The summed E-state index contributed by atoms with van der Waals surface area (Å²) in [5, 5.41) is 1.11. The average molecular weight is 381 g/mol. The molecule has 1 heterocycles. The minimum atomic E-state index is -0.329. The highest BCUT2D eigenvalue weighted by Gasteiger charge is 2.12. The molecule has 0 saturated heterocycles. The van der Waals surface area contributed by atoms with Gasteiger partial charge in [0.05, 0.1) is 22.3 Å². The number of aromatic nitrogens is 1. The Hall–Kier alpha value is -1.82. The van der Waals surface area contributed by atoms with Crippen LogP contribution in [0.1, 0.15) is 17.3 Å². The molecule has 0 atom stereocenters. The molecule has 0 saturated carbocycles. The fourth-order valence-corrected chi connectivity index (χ4v) is 4.29. The van der Waals surface area contributed by atoms with E-state index in [0.29, 0.717) is 32.7 Å². The molecule has 1 aromatic heterocycles. The summed E-state index contributed by atoms with van der Waals surface area (Å²) in [7, 11) is 1.56. The molecule has 124 valence electrons. The summed E-state index contributed by atoms with van der Waals surface area (Å²) in [4.78, 5) is 17.3. The maximum atomic E-state index is 12.5. The van der Waals surface area contributed by atoms with Crippen molar-refractivity contribution in [2.75, 3.05) is 7.11 Å². The smallest absolute Gasteiger partial charge is 0.279 e. The zero-order chi connectivity index (χ0) is 17.3. The SMILES string of the molecule is CCn1c(=NC(=O)c2cccc(OC)c2)sc2cc(Cl)cc(Cl)c21. The molecule has 0 radical (unpaired) electrons. The highest BCUT2D eigenvalue weighted by Crippen LogP contribution is 2.29. The van der Waals surface area contributed by atoms with Gasteiger partial charge in [-0.15, -0.1) is 0 Å². The number of fused-ring (bicyclic) bond motifs is 1. The average Bonchev–Trinajstić information content (AvgIpc) is 2.91. The minimum Gasteiger partial charge on any atom is -0.497 e. The van der Waals surface area contributed by atoms with E-state index >= 15 is 0 Å². The molecule has 2 aromatic carbocycles. The summed E-state index contributed by atoms with van der Waals surface area (Å²) >= 11 is 13.8. The van der Waals surface area contributed by atoms with Crippen molar-refractivity contribution in [1.82, 2.24) is 4.57 Å². The van der Waals surface area contributed by atoms with Crippen LogP contribution in [0.25, 0.3) is 10.2 Å². The molecule has 0 bridgehead atoms. The maximum absolute atomic E-state index is 12.5. The quantitative estimate of drug-likeness (QED) is 0.655. The molecule has 3 aromatic rings. The predicted molar refractivity (Wildman–Crippen MR) is 98.4 cm³/mol. The molecule has 0 aliphatic carbocycles. The lowest BCUT2D eigenvalue weighted by atomic mass is 10.2. The second kappa shape index (κ2) is 6.97. The van der Waals surface area contributed by atoms with Crippen molar-refractivity contribution in [2.24, 2.45) is 4.99 Å². The van der Waals surface area contributed by atoms with Gasteiger partial charge in [0.1, 0.15) is 5.75 Å². The van der Waals surface area contributed by atoms with Crippen LogP contribution in [0.3, 0.4) is 0 Å². The van der Waals surface area contributed by atoms with E-state index in [1.54, 1.807) is 37.4 Å². The molecule has 3 rings (SSSR count). The van der Waals surface area contributed by atoms with Crippen molar-refractivity contribution in [3.8, 4) is 5.75 Å². The van der Waals surface area contributed by atoms with Crippen molar-refractivity contribution in [1.29, 1.82) is 0 Å². The van der Waals surface area contributed by atoms with E-state index in [4.69, 9.17) is 27.9 Å². The molecule has 0 spiro atoms. The first-order chi connectivity index (χ1) is 11.5. The largest absolute Gasteiger partial charge is 0.497 e. The minimum absolute atomic E-state index is 0.329. The Bertz CT molecular complexity index is 992. The number of methoxy groups -OCH3 is 1. The number of halogens is 2. The van der Waals surface area contributed by atoms with Crippen molar-refractivity contribution < 1.29 is 9.53 Å². The van der Waals surface area contributed by atoms with Crippen LogP contribution in [-0.4, -0.2) is 17.6 Å². The van der Waals surface area contributed by atoms with Gasteiger partial charge in [-0.1, -0.05) is 40.6 Å². The Labute approximate surface area is 152 Å². The number of nitrogens with zero attached hydrogens (tertiary/aromatic N) is 2. The van der Waals surface area contributed by atoms with Crippen LogP contribution < -0.4 is 9.54 Å². The third-order valence-corrected chi connectivity index (χ3v) is 5.06. The summed E-state index contributed by atoms with van der Waals surface area (Å²) in [6.07, 6.45) is 0. The van der Waals surface area contributed by atoms with Crippen LogP contribution in [0.5, 0.6) is 5.75 Å². The highest BCUT2D eigenvalue weighted by molar-refractivity contribution is 7.16. The van der Waals surface area contributed by atoms with E-state index in [1.807, 2.05) is 17.6 Å². The van der Waals surface area contributed by atoms with E-state index in [1.165, 1.54) is 11.3 Å². The van der Waals surface area contributed by atoms with Crippen LogP contribution >= 0.6 is 34.5 Å². The van der Waals surface area contributed by atoms with Gasteiger partial charge in [-0.2, -0.15) is 4.99 Å². The lowest BCUT2D eigenvalue weighted by Crippen LogP contribution is -2.16. The van der Waals surface area contributed by atoms with E-state index in [0.717, 1.165) is 10.2 Å². The van der Waals surface area contributed by atoms with E-state index < -0.39 is 0 Å². The molecule has 1 amide bonds. The first kappa shape index (κ1) is 17.0.